The molecule has 3 heterocycles. The average molecular weight is 418 g/mol. The van der Waals surface area contributed by atoms with Crippen LogP contribution in [0.15, 0.2) is 71.3 Å². The molecule has 31 heavy (non-hydrogen) atoms. The Bertz CT molecular complexity index is 1090. The van der Waals surface area contributed by atoms with Gasteiger partial charge in [0.1, 0.15) is 18.8 Å². The van der Waals surface area contributed by atoms with Crippen LogP contribution in [0.4, 0.5) is 0 Å². The summed E-state index contributed by atoms with van der Waals surface area (Å²) in [5.74, 6) is 1.05. The molecule has 0 saturated carbocycles. The number of benzene rings is 2. The van der Waals surface area contributed by atoms with Crippen LogP contribution in [0.5, 0.6) is 11.5 Å². The number of amides is 2. The zero-order valence-corrected chi connectivity index (χ0v) is 16.8. The summed E-state index contributed by atoms with van der Waals surface area (Å²) >= 11 is 0. The molecule has 7 nitrogen and oxygen atoms in total. The Morgan fingerprint density at radius 3 is 2.55 bits per heavy atom. The van der Waals surface area contributed by atoms with E-state index in [1.165, 1.54) is 6.26 Å². The Balaban J connectivity index is 1.30. The number of nitrogens with zero attached hydrogens (tertiary/aromatic N) is 1. The van der Waals surface area contributed by atoms with Crippen LogP contribution in [0.2, 0.25) is 0 Å². The highest BCUT2D eigenvalue weighted by Crippen LogP contribution is 2.31. The lowest BCUT2D eigenvalue weighted by atomic mass is 9.93. The molecule has 0 fully saturated rings. The third kappa shape index (κ3) is 3.86. The molecule has 1 aromatic heterocycles. The van der Waals surface area contributed by atoms with Crippen molar-refractivity contribution in [1.29, 1.82) is 0 Å². The van der Waals surface area contributed by atoms with Crippen molar-refractivity contribution in [3.63, 3.8) is 0 Å². The van der Waals surface area contributed by atoms with Crippen molar-refractivity contribution >= 4 is 11.8 Å². The average Bonchev–Trinajstić information content (AvgIpc) is 3.36. The first-order valence-corrected chi connectivity index (χ1v) is 10.3. The molecule has 0 spiro atoms. The summed E-state index contributed by atoms with van der Waals surface area (Å²) < 4.78 is 16.9. The van der Waals surface area contributed by atoms with Gasteiger partial charge in [0.15, 0.2) is 17.3 Å². The van der Waals surface area contributed by atoms with Crippen molar-refractivity contribution in [3.8, 4) is 11.5 Å². The summed E-state index contributed by atoms with van der Waals surface area (Å²) in [4.78, 5) is 27.8. The maximum Gasteiger partial charge on any atom is 0.290 e. The molecule has 2 unspecified atom stereocenters. The molecule has 0 radical (unpaired) electrons. The van der Waals surface area contributed by atoms with Gasteiger partial charge in [-0.1, -0.05) is 36.4 Å². The molecule has 5 rings (SSSR count). The normalized spacial score (nSPS) is 19.4. The highest BCUT2D eigenvalue weighted by molar-refractivity contribution is 5.96. The standard InChI is InChI=1S/C24H22N2O5/c27-23(25-13-18-15-30-20-8-3-4-9-21(20)31-18)19-12-16-6-1-2-7-17(16)14-26(19)24(28)22-10-5-11-29-22/h1-11,18-19H,12-15H2,(H,25,27). The number of carbonyl (C=O) groups is 2. The van der Waals surface area contributed by atoms with E-state index < -0.39 is 6.04 Å². The van der Waals surface area contributed by atoms with E-state index >= 15 is 0 Å². The van der Waals surface area contributed by atoms with Gasteiger partial charge in [0.05, 0.1) is 12.8 Å². The highest BCUT2D eigenvalue weighted by atomic mass is 16.6. The highest BCUT2D eigenvalue weighted by Gasteiger charge is 2.36. The van der Waals surface area contributed by atoms with Crippen molar-refractivity contribution in [3.05, 3.63) is 83.8 Å². The van der Waals surface area contributed by atoms with Crippen LogP contribution >= 0.6 is 0 Å². The van der Waals surface area contributed by atoms with E-state index in [0.29, 0.717) is 31.1 Å². The molecule has 158 valence electrons. The second kappa shape index (κ2) is 8.18. The lowest BCUT2D eigenvalue weighted by Gasteiger charge is -2.36. The molecular formula is C24H22N2O5. The second-order valence-electron chi connectivity index (χ2n) is 7.64. The zero-order valence-electron chi connectivity index (χ0n) is 16.8. The number of fused-ring (bicyclic) bond motifs is 2. The first-order chi connectivity index (χ1) is 15.2. The summed E-state index contributed by atoms with van der Waals surface area (Å²) in [6, 6.07) is 18.0. The van der Waals surface area contributed by atoms with Gasteiger partial charge in [-0.15, -0.1) is 0 Å². The van der Waals surface area contributed by atoms with E-state index in [0.717, 1.165) is 11.1 Å². The van der Waals surface area contributed by atoms with Crippen molar-refractivity contribution in [2.45, 2.75) is 25.1 Å². The molecule has 7 heteroatoms. The van der Waals surface area contributed by atoms with Crippen LogP contribution in [0.1, 0.15) is 21.7 Å². The van der Waals surface area contributed by atoms with Gasteiger partial charge in [-0.2, -0.15) is 0 Å². The largest absolute Gasteiger partial charge is 0.486 e. The fourth-order valence-electron chi connectivity index (χ4n) is 4.01. The third-order valence-corrected chi connectivity index (χ3v) is 5.62. The Labute approximate surface area is 179 Å². The lowest BCUT2D eigenvalue weighted by Crippen LogP contribution is -2.54. The predicted molar refractivity (Wildman–Crippen MR) is 112 cm³/mol. The monoisotopic (exact) mass is 418 g/mol. The van der Waals surface area contributed by atoms with Crippen LogP contribution in [0, 0.1) is 0 Å². The molecule has 0 bridgehead atoms. The van der Waals surface area contributed by atoms with Crippen molar-refractivity contribution in [2.24, 2.45) is 0 Å². The van der Waals surface area contributed by atoms with E-state index in [2.05, 4.69) is 5.32 Å². The number of carbonyl (C=O) groups excluding carboxylic acids is 2. The summed E-state index contributed by atoms with van der Waals surface area (Å²) in [5, 5.41) is 2.95. The van der Waals surface area contributed by atoms with Crippen LogP contribution in [-0.2, 0) is 17.8 Å². The molecule has 2 aromatic carbocycles. The van der Waals surface area contributed by atoms with Crippen LogP contribution in [-0.4, -0.2) is 42.0 Å². The van der Waals surface area contributed by atoms with Crippen LogP contribution in [0.25, 0.3) is 0 Å². The van der Waals surface area contributed by atoms with Gasteiger partial charge in [-0.25, -0.2) is 0 Å². The summed E-state index contributed by atoms with van der Waals surface area (Å²) in [7, 11) is 0. The quantitative estimate of drug-likeness (QED) is 0.705. The Morgan fingerprint density at radius 2 is 1.74 bits per heavy atom. The van der Waals surface area contributed by atoms with E-state index in [1.807, 2.05) is 48.5 Å². The molecule has 1 N–H and O–H groups in total. The molecule has 0 saturated heterocycles. The van der Waals surface area contributed by atoms with Crippen molar-refractivity contribution in [2.75, 3.05) is 13.2 Å². The summed E-state index contributed by atoms with van der Waals surface area (Å²) in [6.07, 6.45) is 1.60. The number of para-hydroxylation sites is 2. The number of hydrogen-bond donors (Lipinski definition) is 1. The Morgan fingerprint density at radius 1 is 0.968 bits per heavy atom. The van der Waals surface area contributed by atoms with E-state index in [-0.39, 0.29) is 30.2 Å². The maximum absolute atomic E-state index is 13.1. The molecule has 3 aromatic rings. The summed E-state index contributed by atoms with van der Waals surface area (Å²) in [6.45, 7) is 0.984. The predicted octanol–water partition coefficient (Wildman–Crippen LogP) is 2.80. The zero-order chi connectivity index (χ0) is 21.2. The Hall–Kier alpha value is -3.74. The van der Waals surface area contributed by atoms with E-state index in [9.17, 15) is 9.59 Å². The van der Waals surface area contributed by atoms with Gasteiger partial charge in [0.2, 0.25) is 5.91 Å². The van der Waals surface area contributed by atoms with Crippen molar-refractivity contribution in [1.82, 2.24) is 10.2 Å². The van der Waals surface area contributed by atoms with Crippen molar-refractivity contribution < 1.29 is 23.5 Å². The Kier molecular flexibility index (Phi) is 5.08. The fourth-order valence-corrected chi connectivity index (χ4v) is 4.01. The van der Waals surface area contributed by atoms with E-state index in [4.69, 9.17) is 13.9 Å². The van der Waals surface area contributed by atoms with Crippen LogP contribution in [0.3, 0.4) is 0 Å². The van der Waals surface area contributed by atoms with Crippen LogP contribution < -0.4 is 14.8 Å². The maximum atomic E-state index is 13.1. The fraction of sp³-hybridized carbons (Fsp3) is 0.250. The second-order valence-corrected chi connectivity index (χ2v) is 7.64. The first kappa shape index (κ1) is 19.2. The minimum absolute atomic E-state index is 0.220. The summed E-state index contributed by atoms with van der Waals surface area (Å²) in [5.41, 5.74) is 2.10. The van der Waals surface area contributed by atoms with Gasteiger partial charge in [-0.05, 0) is 35.4 Å². The molecule has 0 aliphatic carbocycles. The van der Waals surface area contributed by atoms with Gasteiger partial charge in [0, 0.05) is 13.0 Å². The molecule has 2 amide bonds. The lowest BCUT2D eigenvalue weighted by molar-refractivity contribution is -0.126. The molecular weight excluding hydrogens is 396 g/mol. The number of furan rings is 1. The molecule has 2 aliphatic heterocycles. The number of hydrogen-bond acceptors (Lipinski definition) is 5. The third-order valence-electron chi connectivity index (χ3n) is 5.62. The molecule has 2 aliphatic rings. The number of rotatable bonds is 4. The number of nitrogens with one attached hydrogen (secondary N) is 1. The minimum atomic E-state index is -0.635. The smallest absolute Gasteiger partial charge is 0.290 e. The van der Waals surface area contributed by atoms with Gasteiger partial charge in [0.25, 0.3) is 5.91 Å². The topological polar surface area (TPSA) is 81.0 Å². The van der Waals surface area contributed by atoms with Gasteiger partial charge < -0.3 is 24.1 Å². The SMILES string of the molecule is O=C(NCC1COc2ccccc2O1)C1Cc2ccccc2CN1C(=O)c1ccco1. The van der Waals surface area contributed by atoms with E-state index in [1.54, 1.807) is 17.0 Å². The molecule has 2 atom stereocenters. The number of ether oxygens (including phenoxy) is 2. The minimum Gasteiger partial charge on any atom is -0.486 e. The van der Waals surface area contributed by atoms with Gasteiger partial charge in [-0.3, -0.25) is 9.59 Å². The first-order valence-electron chi connectivity index (χ1n) is 10.3. The van der Waals surface area contributed by atoms with Gasteiger partial charge >= 0.3 is 0 Å².